The fourth-order valence-corrected chi connectivity index (χ4v) is 2.86. The highest BCUT2D eigenvalue weighted by atomic mass is 16.6. The topological polar surface area (TPSA) is 92.6 Å². The van der Waals surface area contributed by atoms with Crippen LogP contribution in [-0.4, -0.2) is 34.7 Å². The number of nitrogens with zero attached hydrogens (tertiary/aromatic N) is 2. The summed E-state index contributed by atoms with van der Waals surface area (Å²) in [5.74, 6) is -0.655. The van der Waals surface area contributed by atoms with Crippen molar-refractivity contribution in [3.63, 3.8) is 0 Å². The van der Waals surface area contributed by atoms with Crippen LogP contribution < -0.4 is 5.32 Å². The summed E-state index contributed by atoms with van der Waals surface area (Å²) in [5, 5.41) is 13.7. The van der Waals surface area contributed by atoms with E-state index in [1.165, 1.54) is 18.2 Å². The van der Waals surface area contributed by atoms with Gasteiger partial charge in [-0.25, -0.2) is 0 Å². The van der Waals surface area contributed by atoms with Crippen molar-refractivity contribution in [3.8, 4) is 0 Å². The zero-order chi connectivity index (χ0) is 17.8. The molecule has 1 heterocycles. The number of para-hydroxylation sites is 1. The van der Waals surface area contributed by atoms with Crippen LogP contribution in [0.15, 0.2) is 48.5 Å². The Bertz CT molecular complexity index is 829. The van der Waals surface area contributed by atoms with Crippen molar-refractivity contribution in [1.82, 2.24) is 4.90 Å². The number of nitrogens with one attached hydrogen (secondary N) is 1. The SMILES string of the molecule is O=C(Nc1cccc(C(=O)N2CCCC2)c1)c1ccccc1[N+](=O)[O-]. The van der Waals surface area contributed by atoms with Gasteiger partial charge in [-0.15, -0.1) is 0 Å². The van der Waals surface area contributed by atoms with Gasteiger partial charge in [-0.2, -0.15) is 0 Å². The maximum atomic E-state index is 12.4. The third-order valence-corrected chi connectivity index (χ3v) is 4.11. The van der Waals surface area contributed by atoms with E-state index in [4.69, 9.17) is 0 Å². The lowest BCUT2D eigenvalue weighted by molar-refractivity contribution is -0.385. The number of nitro groups is 1. The lowest BCUT2D eigenvalue weighted by Crippen LogP contribution is -2.27. The number of amides is 2. The van der Waals surface area contributed by atoms with Gasteiger partial charge in [0.05, 0.1) is 4.92 Å². The van der Waals surface area contributed by atoms with E-state index in [2.05, 4.69) is 5.32 Å². The number of benzene rings is 2. The Morgan fingerprint density at radius 2 is 1.76 bits per heavy atom. The van der Waals surface area contributed by atoms with Crippen molar-refractivity contribution in [1.29, 1.82) is 0 Å². The van der Waals surface area contributed by atoms with E-state index >= 15 is 0 Å². The minimum atomic E-state index is -0.595. The first-order valence-corrected chi connectivity index (χ1v) is 8.00. The Morgan fingerprint density at radius 3 is 2.48 bits per heavy atom. The molecule has 0 unspecified atom stereocenters. The van der Waals surface area contributed by atoms with Crippen LogP contribution in [0.4, 0.5) is 11.4 Å². The van der Waals surface area contributed by atoms with Gasteiger partial charge in [0.15, 0.2) is 0 Å². The van der Waals surface area contributed by atoms with E-state index in [1.807, 2.05) is 0 Å². The number of carbonyl (C=O) groups is 2. The minimum absolute atomic E-state index is 0.0243. The minimum Gasteiger partial charge on any atom is -0.339 e. The highest BCUT2D eigenvalue weighted by Crippen LogP contribution is 2.21. The first-order chi connectivity index (χ1) is 12.1. The molecule has 25 heavy (non-hydrogen) atoms. The Kier molecular flexibility index (Phi) is 4.74. The highest BCUT2D eigenvalue weighted by molar-refractivity contribution is 6.07. The second-order valence-corrected chi connectivity index (χ2v) is 5.81. The molecule has 0 radical (unpaired) electrons. The number of anilines is 1. The van der Waals surface area contributed by atoms with E-state index in [0.717, 1.165) is 25.9 Å². The molecule has 0 spiro atoms. The first-order valence-electron chi connectivity index (χ1n) is 8.00. The van der Waals surface area contributed by atoms with Gasteiger partial charge in [-0.05, 0) is 37.1 Å². The van der Waals surface area contributed by atoms with Crippen molar-refractivity contribution < 1.29 is 14.5 Å². The zero-order valence-corrected chi connectivity index (χ0v) is 13.5. The molecule has 7 nitrogen and oxygen atoms in total. The molecular weight excluding hydrogens is 322 g/mol. The van der Waals surface area contributed by atoms with Crippen LogP contribution in [0, 0.1) is 10.1 Å². The smallest absolute Gasteiger partial charge is 0.282 e. The summed E-state index contributed by atoms with van der Waals surface area (Å²) in [7, 11) is 0. The molecule has 2 aromatic carbocycles. The quantitative estimate of drug-likeness (QED) is 0.684. The molecule has 0 bridgehead atoms. The Balaban J connectivity index is 1.79. The van der Waals surface area contributed by atoms with Gasteiger partial charge in [0.1, 0.15) is 5.56 Å². The van der Waals surface area contributed by atoms with Crippen LogP contribution in [0.1, 0.15) is 33.6 Å². The summed E-state index contributed by atoms with van der Waals surface area (Å²) >= 11 is 0. The molecule has 0 atom stereocenters. The van der Waals surface area contributed by atoms with E-state index in [1.54, 1.807) is 35.2 Å². The zero-order valence-electron chi connectivity index (χ0n) is 13.5. The van der Waals surface area contributed by atoms with Gasteiger partial charge in [-0.3, -0.25) is 19.7 Å². The lowest BCUT2D eigenvalue weighted by Gasteiger charge is -2.15. The summed E-state index contributed by atoms with van der Waals surface area (Å²) in [6.45, 7) is 1.48. The molecule has 1 fully saturated rings. The molecule has 3 rings (SSSR count). The molecule has 0 saturated carbocycles. The van der Waals surface area contributed by atoms with Crippen molar-refractivity contribution in [2.24, 2.45) is 0 Å². The maximum absolute atomic E-state index is 12.4. The largest absolute Gasteiger partial charge is 0.339 e. The van der Waals surface area contributed by atoms with E-state index in [-0.39, 0.29) is 17.2 Å². The summed E-state index contributed by atoms with van der Waals surface area (Å²) in [6.07, 6.45) is 2.00. The summed E-state index contributed by atoms with van der Waals surface area (Å²) in [4.78, 5) is 37.0. The molecular formula is C18H17N3O4. The summed E-state index contributed by atoms with van der Waals surface area (Å²) < 4.78 is 0. The van der Waals surface area contributed by atoms with Gasteiger partial charge < -0.3 is 10.2 Å². The fourth-order valence-electron chi connectivity index (χ4n) is 2.86. The standard InChI is InChI=1S/C18H17N3O4/c22-17(15-8-1-2-9-16(15)21(24)25)19-14-7-5-6-13(12-14)18(23)20-10-3-4-11-20/h1-2,5-9,12H,3-4,10-11H2,(H,19,22). The van der Waals surface area contributed by atoms with E-state index in [0.29, 0.717) is 11.3 Å². The number of nitro benzene ring substituents is 1. The van der Waals surface area contributed by atoms with Crippen LogP contribution in [0.2, 0.25) is 0 Å². The van der Waals surface area contributed by atoms with Crippen LogP contribution in [0.5, 0.6) is 0 Å². The lowest BCUT2D eigenvalue weighted by atomic mass is 10.1. The molecule has 1 aliphatic rings. The summed E-state index contributed by atoms with van der Waals surface area (Å²) in [5.41, 5.74) is 0.628. The normalized spacial score (nSPS) is 13.5. The van der Waals surface area contributed by atoms with Crippen LogP contribution in [0.25, 0.3) is 0 Å². The average molecular weight is 339 g/mol. The van der Waals surface area contributed by atoms with Crippen molar-refractivity contribution in [2.45, 2.75) is 12.8 Å². The van der Waals surface area contributed by atoms with Gasteiger partial charge in [0, 0.05) is 30.4 Å². The van der Waals surface area contributed by atoms with Crippen molar-refractivity contribution in [3.05, 3.63) is 69.8 Å². The third kappa shape index (κ3) is 3.65. The van der Waals surface area contributed by atoms with Crippen LogP contribution in [0.3, 0.4) is 0 Å². The van der Waals surface area contributed by atoms with Crippen molar-refractivity contribution >= 4 is 23.2 Å². The number of hydrogen-bond acceptors (Lipinski definition) is 4. The molecule has 1 aliphatic heterocycles. The Hall–Kier alpha value is -3.22. The number of hydrogen-bond donors (Lipinski definition) is 1. The predicted octanol–water partition coefficient (Wildman–Crippen LogP) is 3.08. The van der Waals surface area contributed by atoms with E-state index < -0.39 is 10.8 Å². The first kappa shape index (κ1) is 16.6. The van der Waals surface area contributed by atoms with E-state index in [9.17, 15) is 19.7 Å². The van der Waals surface area contributed by atoms with Crippen molar-refractivity contribution in [2.75, 3.05) is 18.4 Å². The van der Waals surface area contributed by atoms with Gasteiger partial charge >= 0.3 is 0 Å². The molecule has 128 valence electrons. The highest BCUT2D eigenvalue weighted by Gasteiger charge is 2.21. The van der Waals surface area contributed by atoms with Gasteiger partial charge in [-0.1, -0.05) is 18.2 Å². The Morgan fingerprint density at radius 1 is 1.04 bits per heavy atom. The van der Waals surface area contributed by atoms with Crippen LogP contribution in [-0.2, 0) is 0 Å². The molecule has 1 saturated heterocycles. The summed E-state index contributed by atoms with van der Waals surface area (Å²) in [6, 6.07) is 12.4. The number of carbonyl (C=O) groups excluding carboxylic acids is 2. The second kappa shape index (κ2) is 7.12. The number of likely N-dealkylation sites (tertiary alicyclic amines) is 1. The van der Waals surface area contributed by atoms with Crippen LogP contribution >= 0.6 is 0 Å². The monoisotopic (exact) mass is 339 g/mol. The molecule has 2 aromatic rings. The number of rotatable bonds is 4. The average Bonchev–Trinajstić information content (AvgIpc) is 3.16. The molecule has 0 aliphatic carbocycles. The predicted molar refractivity (Wildman–Crippen MR) is 92.6 cm³/mol. The molecule has 7 heteroatoms. The van der Waals surface area contributed by atoms with Gasteiger partial charge in [0.2, 0.25) is 0 Å². The second-order valence-electron chi connectivity index (χ2n) is 5.81. The molecule has 1 N–H and O–H groups in total. The molecule has 2 amide bonds. The Labute approximate surface area is 144 Å². The van der Waals surface area contributed by atoms with Gasteiger partial charge in [0.25, 0.3) is 17.5 Å². The molecule has 0 aromatic heterocycles. The maximum Gasteiger partial charge on any atom is 0.282 e. The fraction of sp³-hybridized carbons (Fsp3) is 0.222. The third-order valence-electron chi connectivity index (χ3n) is 4.11.